The van der Waals surface area contributed by atoms with Gasteiger partial charge in [0.1, 0.15) is 17.5 Å². The third kappa shape index (κ3) is 7.07. The van der Waals surface area contributed by atoms with Gasteiger partial charge >= 0.3 is 0 Å². The minimum Gasteiger partial charge on any atom is -0.454 e. The SMILES string of the molecule is Cc1ccc(C)c(N(C(=O)C[S@](=O)CC(=O)Nc2ccc3c(c2)OCO3)[C@@H](C)C(=O)NC(C)(C)C)c1. The molecule has 0 aliphatic carbocycles. The highest BCUT2D eigenvalue weighted by molar-refractivity contribution is 7.86. The molecular weight excluding hydrogens is 482 g/mol. The lowest BCUT2D eigenvalue weighted by molar-refractivity contribution is -0.126. The lowest BCUT2D eigenvalue weighted by Crippen LogP contribution is -2.54. The molecule has 0 fully saturated rings. The molecule has 10 heteroatoms. The highest BCUT2D eigenvalue weighted by atomic mass is 32.2. The molecule has 2 atom stereocenters. The molecule has 3 rings (SSSR count). The summed E-state index contributed by atoms with van der Waals surface area (Å²) in [5.74, 6) is -1.03. The molecule has 0 spiro atoms. The maximum absolute atomic E-state index is 13.4. The largest absolute Gasteiger partial charge is 0.454 e. The third-order valence-corrected chi connectivity index (χ3v) is 6.54. The zero-order valence-corrected chi connectivity index (χ0v) is 22.3. The fourth-order valence-corrected chi connectivity index (χ4v) is 4.59. The fraction of sp³-hybridized carbons (Fsp3) is 0.423. The molecule has 2 aromatic carbocycles. The van der Waals surface area contributed by atoms with Crippen molar-refractivity contribution in [1.29, 1.82) is 0 Å². The molecule has 0 radical (unpaired) electrons. The van der Waals surface area contributed by atoms with E-state index in [4.69, 9.17) is 9.47 Å². The molecule has 3 amide bonds. The van der Waals surface area contributed by atoms with Crippen LogP contribution in [0.1, 0.15) is 38.8 Å². The number of anilines is 2. The Morgan fingerprint density at radius 3 is 2.42 bits per heavy atom. The summed E-state index contributed by atoms with van der Waals surface area (Å²) >= 11 is 0. The van der Waals surface area contributed by atoms with E-state index in [1.165, 1.54) is 4.90 Å². The van der Waals surface area contributed by atoms with Crippen LogP contribution in [0, 0.1) is 13.8 Å². The maximum atomic E-state index is 13.4. The molecule has 1 heterocycles. The first-order chi connectivity index (χ1) is 16.8. The molecule has 2 N–H and O–H groups in total. The van der Waals surface area contributed by atoms with E-state index < -0.39 is 39.9 Å². The van der Waals surface area contributed by atoms with Crippen LogP contribution in [0.25, 0.3) is 0 Å². The first-order valence-corrected chi connectivity index (χ1v) is 13.1. The van der Waals surface area contributed by atoms with Gasteiger partial charge in [-0.3, -0.25) is 23.5 Å². The number of ether oxygens (including phenoxy) is 2. The number of hydrogen-bond donors (Lipinski definition) is 2. The Bertz CT molecular complexity index is 1190. The van der Waals surface area contributed by atoms with Crippen LogP contribution in [-0.4, -0.2) is 51.8 Å². The van der Waals surface area contributed by atoms with Crippen LogP contribution in [0.2, 0.25) is 0 Å². The fourth-order valence-electron chi connectivity index (χ4n) is 3.71. The highest BCUT2D eigenvalue weighted by Crippen LogP contribution is 2.34. The van der Waals surface area contributed by atoms with E-state index in [1.54, 1.807) is 25.1 Å². The predicted molar refractivity (Wildman–Crippen MR) is 140 cm³/mol. The van der Waals surface area contributed by atoms with Crippen molar-refractivity contribution in [1.82, 2.24) is 5.32 Å². The molecule has 0 bridgehead atoms. The average Bonchev–Trinajstić information content (AvgIpc) is 3.22. The average molecular weight is 516 g/mol. The number of carbonyl (C=O) groups is 3. The number of amides is 3. The van der Waals surface area contributed by atoms with Gasteiger partial charge in [0, 0.05) is 33.8 Å². The standard InChI is InChI=1S/C26H33N3O6S/c1-16-7-8-17(2)20(11-16)29(18(3)25(32)28-26(4,5)6)24(31)14-36(33)13-23(30)27-19-9-10-21-22(12-19)35-15-34-21/h7-12,18H,13-15H2,1-6H3,(H,27,30)(H,28,32)/t18-,36+/m0/s1. The number of carbonyl (C=O) groups excluding carboxylic acids is 3. The number of aryl methyl sites for hydroxylation is 2. The normalized spacial score (nSPS) is 14.1. The predicted octanol–water partition coefficient (Wildman–Crippen LogP) is 3.06. The molecular formula is C26H33N3O6S. The minimum atomic E-state index is -1.80. The van der Waals surface area contributed by atoms with Crippen LogP contribution in [0.4, 0.5) is 11.4 Å². The Kier molecular flexibility index (Phi) is 8.39. The topological polar surface area (TPSA) is 114 Å². The van der Waals surface area contributed by atoms with Gasteiger partial charge in [-0.25, -0.2) is 0 Å². The van der Waals surface area contributed by atoms with Gasteiger partial charge in [0.25, 0.3) is 0 Å². The van der Waals surface area contributed by atoms with Crippen molar-refractivity contribution in [2.24, 2.45) is 0 Å². The maximum Gasteiger partial charge on any atom is 0.243 e. The zero-order chi connectivity index (χ0) is 26.6. The van der Waals surface area contributed by atoms with E-state index in [9.17, 15) is 18.6 Å². The van der Waals surface area contributed by atoms with Crippen molar-refractivity contribution in [3.05, 3.63) is 47.5 Å². The molecule has 1 aliphatic rings. The van der Waals surface area contributed by atoms with E-state index in [0.717, 1.165) is 11.1 Å². The Morgan fingerprint density at radius 1 is 1.03 bits per heavy atom. The summed E-state index contributed by atoms with van der Waals surface area (Å²) in [5, 5.41) is 5.56. The van der Waals surface area contributed by atoms with E-state index >= 15 is 0 Å². The van der Waals surface area contributed by atoms with Gasteiger partial charge in [-0.2, -0.15) is 0 Å². The van der Waals surface area contributed by atoms with Crippen molar-refractivity contribution < 1.29 is 28.1 Å². The second kappa shape index (κ2) is 11.1. The zero-order valence-electron chi connectivity index (χ0n) is 21.5. The second-order valence-corrected chi connectivity index (χ2v) is 11.3. The van der Waals surface area contributed by atoms with Crippen molar-refractivity contribution in [3.8, 4) is 11.5 Å². The van der Waals surface area contributed by atoms with E-state index in [2.05, 4.69) is 10.6 Å². The lowest BCUT2D eigenvalue weighted by Gasteiger charge is -2.32. The quantitative estimate of drug-likeness (QED) is 0.559. The van der Waals surface area contributed by atoms with E-state index in [0.29, 0.717) is 22.9 Å². The van der Waals surface area contributed by atoms with Gasteiger partial charge in [-0.1, -0.05) is 12.1 Å². The first-order valence-electron chi connectivity index (χ1n) is 11.6. The molecule has 2 aromatic rings. The third-order valence-electron chi connectivity index (χ3n) is 5.39. The number of nitrogens with one attached hydrogen (secondary N) is 2. The summed E-state index contributed by atoms with van der Waals surface area (Å²) in [6, 6.07) is 9.70. The lowest BCUT2D eigenvalue weighted by atomic mass is 10.1. The van der Waals surface area contributed by atoms with Gasteiger partial charge in [-0.15, -0.1) is 0 Å². The van der Waals surface area contributed by atoms with Crippen LogP contribution < -0.4 is 25.0 Å². The van der Waals surface area contributed by atoms with Crippen LogP contribution in [0.3, 0.4) is 0 Å². The van der Waals surface area contributed by atoms with Gasteiger partial charge in [0.05, 0.1) is 0 Å². The second-order valence-electron chi connectivity index (χ2n) is 9.81. The Labute approximate surface area is 214 Å². The van der Waals surface area contributed by atoms with Crippen LogP contribution >= 0.6 is 0 Å². The molecule has 1 aliphatic heterocycles. The number of fused-ring (bicyclic) bond motifs is 1. The summed E-state index contributed by atoms with van der Waals surface area (Å²) in [6.07, 6.45) is 0. The summed E-state index contributed by atoms with van der Waals surface area (Å²) < 4.78 is 23.4. The number of hydrogen-bond acceptors (Lipinski definition) is 6. The summed E-state index contributed by atoms with van der Waals surface area (Å²) in [7, 11) is -1.80. The van der Waals surface area contributed by atoms with Crippen molar-refractivity contribution in [3.63, 3.8) is 0 Å². The van der Waals surface area contributed by atoms with Gasteiger partial charge < -0.3 is 20.1 Å². The van der Waals surface area contributed by atoms with Gasteiger partial charge in [0.2, 0.25) is 24.5 Å². The molecule has 194 valence electrons. The van der Waals surface area contributed by atoms with E-state index in [1.807, 2.05) is 52.8 Å². The molecule has 9 nitrogen and oxygen atoms in total. The van der Waals surface area contributed by atoms with E-state index in [-0.39, 0.29) is 18.5 Å². The van der Waals surface area contributed by atoms with Gasteiger partial charge in [0.15, 0.2) is 11.5 Å². The molecule has 0 aromatic heterocycles. The number of nitrogens with zero attached hydrogens (tertiary/aromatic N) is 1. The van der Waals surface area contributed by atoms with Crippen molar-refractivity contribution in [2.45, 2.75) is 53.1 Å². The van der Waals surface area contributed by atoms with Crippen LogP contribution in [-0.2, 0) is 25.2 Å². The Morgan fingerprint density at radius 2 is 1.72 bits per heavy atom. The summed E-state index contributed by atoms with van der Waals surface area (Å²) in [5.41, 5.74) is 2.27. The van der Waals surface area contributed by atoms with Crippen LogP contribution in [0.5, 0.6) is 11.5 Å². The summed E-state index contributed by atoms with van der Waals surface area (Å²) in [6.45, 7) is 11.1. The highest BCUT2D eigenvalue weighted by Gasteiger charge is 2.31. The summed E-state index contributed by atoms with van der Waals surface area (Å²) in [4.78, 5) is 40.2. The molecule has 36 heavy (non-hydrogen) atoms. The number of rotatable bonds is 8. The van der Waals surface area contributed by atoms with Crippen molar-refractivity contribution >= 4 is 39.9 Å². The molecule has 0 saturated heterocycles. The minimum absolute atomic E-state index is 0.113. The van der Waals surface area contributed by atoms with Crippen LogP contribution in [0.15, 0.2) is 36.4 Å². The van der Waals surface area contributed by atoms with Crippen molar-refractivity contribution in [2.75, 3.05) is 28.5 Å². The molecule has 0 unspecified atom stereocenters. The Hall–Kier alpha value is -3.40. The monoisotopic (exact) mass is 515 g/mol. The van der Waals surface area contributed by atoms with Gasteiger partial charge in [-0.05, 0) is 70.9 Å². The first kappa shape index (κ1) is 27.2. The molecule has 0 saturated carbocycles. The Balaban J connectivity index is 1.72. The number of benzene rings is 2. The smallest absolute Gasteiger partial charge is 0.243 e.